The van der Waals surface area contributed by atoms with Crippen LogP contribution in [0, 0.1) is 0 Å². The molecule has 0 aromatic heterocycles. The third-order valence-electron chi connectivity index (χ3n) is 2.57. The average molecular weight is 320 g/mol. The van der Waals surface area contributed by atoms with E-state index in [-0.39, 0.29) is 0 Å². The van der Waals surface area contributed by atoms with Crippen molar-refractivity contribution >= 4 is 37.8 Å². The second-order valence-electron chi connectivity index (χ2n) is 3.55. The van der Waals surface area contributed by atoms with Crippen LogP contribution in [0.25, 0.3) is 0 Å². The van der Waals surface area contributed by atoms with E-state index in [1.54, 1.807) is 0 Å². The van der Waals surface area contributed by atoms with Crippen LogP contribution in [0.4, 0.5) is 0 Å². The van der Waals surface area contributed by atoms with Crippen molar-refractivity contribution in [1.82, 2.24) is 0 Å². The van der Waals surface area contributed by atoms with Gasteiger partial charge in [0, 0.05) is 8.95 Å². The van der Waals surface area contributed by atoms with E-state index < -0.39 is 11.4 Å². The molecule has 0 radical (unpaired) electrons. The van der Waals surface area contributed by atoms with Crippen molar-refractivity contribution in [3.05, 3.63) is 32.7 Å². The Kier molecular flexibility index (Phi) is 2.43. The average Bonchev–Trinajstić information content (AvgIpc) is 2.81. The quantitative estimate of drug-likeness (QED) is 0.908. The predicted molar refractivity (Wildman–Crippen MR) is 60.4 cm³/mol. The minimum Gasteiger partial charge on any atom is -0.481 e. The summed E-state index contributed by atoms with van der Waals surface area (Å²) in [5, 5.41) is 9.11. The lowest BCUT2D eigenvalue weighted by molar-refractivity contribution is -0.140. The Bertz CT molecular complexity index is 377. The maximum absolute atomic E-state index is 11.1. The van der Waals surface area contributed by atoms with Crippen molar-refractivity contribution in [1.29, 1.82) is 0 Å². The summed E-state index contributed by atoms with van der Waals surface area (Å²) < 4.78 is 1.82. The lowest BCUT2D eigenvalue weighted by atomic mass is 9.96. The fraction of sp³-hybridized carbons (Fsp3) is 0.300. The van der Waals surface area contributed by atoms with Crippen LogP contribution >= 0.6 is 31.9 Å². The highest BCUT2D eigenvalue weighted by molar-refractivity contribution is 9.11. The van der Waals surface area contributed by atoms with Gasteiger partial charge in [0.15, 0.2) is 0 Å². The van der Waals surface area contributed by atoms with Crippen LogP contribution in [0.1, 0.15) is 18.4 Å². The molecule has 1 saturated carbocycles. The van der Waals surface area contributed by atoms with Crippen molar-refractivity contribution in [2.75, 3.05) is 0 Å². The molecule has 1 aliphatic carbocycles. The van der Waals surface area contributed by atoms with Crippen molar-refractivity contribution in [3.63, 3.8) is 0 Å². The van der Waals surface area contributed by atoms with Crippen LogP contribution in [0.15, 0.2) is 27.1 Å². The second kappa shape index (κ2) is 3.35. The topological polar surface area (TPSA) is 37.3 Å². The summed E-state index contributed by atoms with van der Waals surface area (Å²) >= 11 is 6.72. The van der Waals surface area contributed by atoms with Gasteiger partial charge in [-0.15, -0.1) is 0 Å². The number of hydrogen-bond donors (Lipinski definition) is 1. The van der Waals surface area contributed by atoms with E-state index in [2.05, 4.69) is 31.9 Å². The van der Waals surface area contributed by atoms with Gasteiger partial charge in [-0.2, -0.15) is 0 Å². The normalized spacial score (nSPS) is 17.9. The van der Waals surface area contributed by atoms with Crippen LogP contribution in [0.2, 0.25) is 0 Å². The molecule has 0 heterocycles. The predicted octanol–water partition coefficient (Wildman–Crippen LogP) is 3.33. The standard InChI is InChI=1S/C10H8Br2O2/c11-7-3-6(4-8(12)5-7)10(1-2-10)9(13)14/h3-5H,1-2H2,(H,13,14). The van der Waals surface area contributed by atoms with Crippen molar-refractivity contribution in [2.45, 2.75) is 18.3 Å². The molecule has 1 aromatic rings. The highest BCUT2D eigenvalue weighted by Gasteiger charge is 2.51. The van der Waals surface area contributed by atoms with Gasteiger partial charge in [0.05, 0.1) is 5.41 Å². The lowest BCUT2D eigenvalue weighted by Gasteiger charge is -2.10. The summed E-state index contributed by atoms with van der Waals surface area (Å²) in [4.78, 5) is 11.1. The maximum Gasteiger partial charge on any atom is 0.314 e. The smallest absolute Gasteiger partial charge is 0.314 e. The van der Waals surface area contributed by atoms with Crippen molar-refractivity contribution < 1.29 is 9.90 Å². The first kappa shape index (κ1) is 10.2. The summed E-state index contributed by atoms with van der Waals surface area (Å²) in [5.41, 5.74) is 0.262. The number of aliphatic carboxylic acids is 1. The molecule has 4 heteroatoms. The first-order valence-electron chi connectivity index (χ1n) is 4.24. The van der Waals surface area contributed by atoms with Crippen LogP contribution < -0.4 is 0 Å². The Balaban J connectivity index is 2.47. The van der Waals surface area contributed by atoms with Gasteiger partial charge in [-0.05, 0) is 36.6 Å². The molecular formula is C10H8Br2O2. The van der Waals surface area contributed by atoms with E-state index in [0.29, 0.717) is 0 Å². The first-order valence-corrected chi connectivity index (χ1v) is 5.83. The first-order chi connectivity index (χ1) is 6.54. The number of benzene rings is 1. The van der Waals surface area contributed by atoms with E-state index >= 15 is 0 Å². The number of carboxylic acids is 1. The molecule has 0 atom stereocenters. The Morgan fingerprint density at radius 3 is 2.07 bits per heavy atom. The molecule has 1 aliphatic rings. The molecule has 14 heavy (non-hydrogen) atoms. The SMILES string of the molecule is O=C(O)C1(c2cc(Br)cc(Br)c2)CC1. The molecule has 0 bridgehead atoms. The van der Waals surface area contributed by atoms with Gasteiger partial charge < -0.3 is 5.11 Å². The number of carbonyl (C=O) groups is 1. The van der Waals surface area contributed by atoms with Gasteiger partial charge >= 0.3 is 5.97 Å². The Labute approximate surface area is 98.6 Å². The van der Waals surface area contributed by atoms with E-state index in [4.69, 9.17) is 5.11 Å². The maximum atomic E-state index is 11.1. The van der Waals surface area contributed by atoms with Gasteiger partial charge in [0.25, 0.3) is 0 Å². The fourth-order valence-corrected chi connectivity index (χ4v) is 2.87. The van der Waals surface area contributed by atoms with E-state index in [1.165, 1.54) is 0 Å². The molecule has 0 spiro atoms. The molecule has 74 valence electrons. The number of carboxylic acid groups (broad SMARTS) is 1. The zero-order chi connectivity index (χ0) is 10.3. The molecule has 2 rings (SSSR count). The van der Waals surface area contributed by atoms with Crippen LogP contribution in [-0.2, 0) is 10.2 Å². The van der Waals surface area contributed by atoms with Gasteiger partial charge in [-0.1, -0.05) is 31.9 Å². The molecule has 1 N–H and O–H groups in total. The highest BCUT2D eigenvalue weighted by atomic mass is 79.9. The van der Waals surface area contributed by atoms with Crippen LogP contribution in [0.5, 0.6) is 0 Å². The fourth-order valence-electron chi connectivity index (χ4n) is 1.58. The molecule has 1 aromatic carbocycles. The molecular weight excluding hydrogens is 312 g/mol. The lowest BCUT2D eigenvalue weighted by Crippen LogP contribution is -2.19. The van der Waals surface area contributed by atoms with E-state index in [1.807, 2.05) is 18.2 Å². The zero-order valence-corrected chi connectivity index (χ0v) is 10.4. The summed E-state index contributed by atoms with van der Waals surface area (Å²) in [7, 11) is 0. The van der Waals surface area contributed by atoms with Crippen LogP contribution in [0.3, 0.4) is 0 Å². The third-order valence-corrected chi connectivity index (χ3v) is 3.49. The van der Waals surface area contributed by atoms with Crippen molar-refractivity contribution in [3.8, 4) is 0 Å². The largest absolute Gasteiger partial charge is 0.481 e. The zero-order valence-electron chi connectivity index (χ0n) is 7.26. The van der Waals surface area contributed by atoms with Gasteiger partial charge in [0.2, 0.25) is 0 Å². The van der Waals surface area contributed by atoms with E-state index in [0.717, 1.165) is 27.4 Å². The number of halogens is 2. The van der Waals surface area contributed by atoms with E-state index in [9.17, 15) is 4.79 Å². The minimum absolute atomic E-state index is 0.619. The summed E-state index contributed by atoms with van der Waals surface area (Å²) in [5.74, 6) is -0.720. The van der Waals surface area contributed by atoms with Gasteiger partial charge in [0.1, 0.15) is 0 Å². The number of rotatable bonds is 2. The summed E-state index contributed by atoms with van der Waals surface area (Å²) in [6.07, 6.45) is 1.48. The number of hydrogen-bond acceptors (Lipinski definition) is 1. The molecule has 0 amide bonds. The van der Waals surface area contributed by atoms with Gasteiger partial charge in [-0.3, -0.25) is 4.79 Å². The molecule has 1 fully saturated rings. The van der Waals surface area contributed by atoms with Crippen LogP contribution in [-0.4, -0.2) is 11.1 Å². The summed E-state index contributed by atoms with van der Waals surface area (Å²) in [6.45, 7) is 0. The Hall–Kier alpha value is -0.350. The highest BCUT2D eigenvalue weighted by Crippen LogP contribution is 2.49. The second-order valence-corrected chi connectivity index (χ2v) is 5.38. The molecule has 2 nitrogen and oxygen atoms in total. The molecule has 0 saturated heterocycles. The summed E-state index contributed by atoms with van der Waals surface area (Å²) in [6, 6.07) is 5.67. The van der Waals surface area contributed by atoms with Crippen molar-refractivity contribution in [2.24, 2.45) is 0 Å². The van der Waals surface area contributed by atoms with Gasteiger partial charge in [-0.25, -0.2) is 0 Å². The Morgan fingerprint density at radius 1 is 1.21 bits per heavy atom. The third kappa shape index (κ3) is 1.61. The monoisotopic (exact) mass is 318 g/mol. The Morgan fingerprint density at radius 2 is 1.71 bits per heavy atom. The molecule has 0 unspecified atom stereocenters. The minimum atomic E-state index is -0.720. The molecule has 0 aliphatic heterocycles.